The van der Waals surface area contributed by atoms with Gasteiger partial charge in [0.05, 0.1) is 22.5 Å². The van der Waals surface area contributed by atoms with Crippen LogP contribution in [0.4, 0.5) is 35.3 Å². The van der Waals surface area contributed by atoms with E-state index in [1.54, 1.807) is 18.2 Å². The fraction of sp³-hybridized carbons (Fsp3) is 0.0500. The first-order chi connectivity index (χ1) is 13.7. The maximum atomic E-state index is 13.0. The highest BCUT2D eigenvalue weighted by Gasteiger charge is 2.31. The molecule has 0 saturated carbocycles. The summed E-state index contributed by atoms with van der Waals surface area (Å²) in [5.74, 6) is 5.83. The smallest absolute Gasteiger partial charge is 0.368 e. The Hall–Kier alpha value is -4.06. The number of carbonyl (C=O) groups is 1. The number of nitrogens with zero attached hydrogens (tertiary/aromatic N) is 3. The van der Waals surface area contributed by atoms with Crippen LogP contribution in [0.3, 0.4) is 0 Å². The number of aromatic nitrogens is 2. The van der Waals surface area contributed by atoms with Crippen LogP contribution in [0.15, 0.2) is 60.9 Å². The van der Waals surface area contributed by atoms with Crippen molar-refractivity contribution < 1.29 is 18.0 Å². The van der Waals surface area contributed by atoms with Crippen molar-refractivity contribution in [1.82, 2.24) is 9.97 Å². The van der Waals surface area contributed by atoms with Crippen LogP contribution in [-0.4, -0.2) is 16.0 Å². The van der Waals surface area contributed by atoms with E-state index in [4.69, 9.17) is 11.5 Å². The number of rotatable bonds is 2. The Morgan fingerprint density at radius 1 is 0.931 bits per heavy atom. The monoisotopic (exact) mass is 397 g/mol. The third-order valence-corrected chi connectivity index (χ3v) is 3.78. The molecule has 3 rings (SSSR count). The minimum Gasteiger partial charge on any atom is -0.368 e. The van der Waals surface area contributed by atoms with Crippen molar-refractivity contribution >= 4 is 23.4 Å². The number of hydrogen-bond donors (Lipinski definition) is 2. The molecule has 1 heterocycles. The molecule has 0 radical (unpaired) electrons. The van der Waals surface area contributed by atoms with Gasteiger partial charge >= 0.3 is 12.2 Å². The highest BCUT2D eigenvalue weighted by Crippen LogP contribution is 2.33. The van der Waals surface area contributed by atoms with E-state index < -0.39 is 17.8 Å². The molecule has 146 valence electrons. The Balaban J connectivity index is 1.97. The Labute approximate surface area is 164 Å². The van der Waals surface area contributed by atoms with Gasteiger partial charge in [0.1, 0.15) is 0 Å². The molecule has 0 aliphatic carbocycles. The number of anilines is 3. The third-order valence-electron chi connectivity index (χ3n) is 3.78. The first kappa shape index (κ1) is 19.7. The van der Waals surface area contributed by atoms with E-state index in [2.05, 4.69) is 21.8 Å². The maximum Gasteiger partial charge on any atom is 0.416 e. The molecular formula is C20H14F3N5O. The molecule has 0 bridgehead atoms. The third kappa shape index (κ3) is 4.81. The molecule has 0 fully saturated rings. The van der Waals surface area contributed by atoms with Crippen molar-refractivity contribution in [1.29, 1.82) is 0 Å². The summed E-state index contributed by atoms with van der Waals surface area (Å²) in [7, 11) is 0. The summed E-state index contributed by atoms with van der Waals surface area (Å²) in [6.07, 6.45) is -1.64. The highest BCUT2D eigenvalue weighted by molar-refractivity contribution is 5.98. The Kier molecular flexibility index (Phi) is 5.36. The fourth-order valence-corrected chi connectivity index (χ4v) is 2.49. The quantitative estimate of drug-likeness (QED) is 0.645. The zero-order chi connectivity index (χ0) is 21.0. The number of urea groups is 1. The molecule has 9 heteroatoms. The summed E-state index contributed by atoms with van der Waals surface area (Å²) in [5.41, 5.74) is 11.3. The highest BCUT2D eigenvalue weighted by atomic mass is 19.4. The largest absolute Gasteiger partial charge is 0.416 e. The standard InChI is InChI=1S/C20H14F3N5O/c21-20(22,23)15-4-2-6-17(10-15)28(19(25)29)16-5-1-3-13(9-16)7-8-14-11-26-18(24)27-12-14/h1-6,9-12H,(H2,25,29)(H2,24,26,27). The minimum atomic E-state index is -4.55. The summed E-state index contributed by atoms with van der Waals surface area (Å²) >= 11 is 0. The van der Waals surface area contributed by atoms with Gasteiger partial charge in [0.2, 0.25) is 5.95 Å². The predicted molar refractivity (Wildman–Crippen MR) is 102 cm³/mol. The molecule has 2 amide bonds. The molecule has 3 aromatic rings. The van der Waals surface area contributed by atoms with Crippen molar-refractivity contribution in [2.45, 2.75) is 6.18 Å². The maximum absolute atomic E-state index is 13.0. The van der Waals surface area contributed by atoms with Crippen molar-refractivity contribution in [3.05, 3.63) is 77.6 Å². The zero-order valence-electron chi connectivity index (χ0n) is 14.8. The second-order valence-electron chi connectivity index (χ2n) is 5.85. The summed E-state index contributed by atoms with van der Waals surface area (Å²) in [5, 5.41) is 0. The van der Waals surface area contributed by atoms with Gasteiger partial charge in [0.15, 0.2) is 0 Å². The summed E-state index contributed by atoms with van der Waals surface area (Å²) in [6.45, 7) is 0. The molecule has 0 spiro atoms. The van der Waals surface area contributed by atoms with E-state index in [1.165, 1.54) is 30.6 Å². The second kappa shape index (κ2) is 7.90. The van der Waals surface area contributed by atoms with E-state index in [1.807, 2.05) is 0 Å². The zero-order valence-corrected chi connectivity index (χ0v) is 14.8. The van der Waals surface area contributed by atoms with Crippen molar-refractivity contribution in [2.24, 2.45) is 5.73 Å². The van der Waals surface area contributed by atoms with E-state index in [0.29, 0.717) is 11.1 Å². The molecule has 2 aromatic carbocycles. The minimum absolute atomic E-state index is 0.00984. The number of carbonyl (C=O) groups excluding carboxylic acids is 1. The molecule has 0 aliphatic heterocycles. The van der Waals surface area contributed by atoms with Crippen molar-refractivity contribution in [3.63, 3.8) is 0 Å². The lowest BCUT2D eigenvalue weighted by atomic mass is 10.1. The van der Waals surface area contributed by atoms with Crippen LogP contribution < -0.4 is 16.4 Å². The molecule has 4 N–H and O–H groups in total. The average Bonchev–Trinajstić information content (AvgIpc) is 2.67. The lowest BCUT2D eigenvalue weighted by molar-refractivity contribution is -0.137. The topological polar surface area (TPSA) is 98.1 Å². The molecule has 0 unspecified atom stereocenters. The van der Waals surface area contributed by atoms with Crippen LogP contribution in [0.25, 0.3) is 0 Å². The van der Waals surface area contributed by atoms with E-state index in [9.17, 15) is 18.0 Å². The predicted octanol–water partition coefficient (Wildman–Crippen LogP) is 3.69. The van der Waals surface area contributed by atoms with E-state index in [0.717, 1.165) is 17.0 Å². The lowest BCUT2D eigenvalue weighted by Gasteiger charge is -2.22. The van der Waals surface area contributed by atoms with Crippen LogP contribution >= 0.6 is 0 Å². The Bertz CT molecular complexity index is 1100. The van der Waals surface area contributed by atoms with Crippen LogP contribution in [0.5, 0.6) is 0 Å². The van der Waals surface area contributed by atoms with E-state index >= 15 is 0 Å². The molecular weight excluding hydrogens is 383 g/mol. The van der Waals surface area contributed by atoms with Gasteiger partial charge in [-0.05, 0) is 36.4 Å². The second-order valence-corrected chi connectivity index (χ2v) is 5.85. The number of alkyl halides is 3. The summed E-state index contributed by atoms with van der Waals surface area (Å²) in [4.78, 5) is 20.6. The molecule has 0 aliphatic rings. The summed E-state index contributed by atoms with van der Waals surface area (Å²) < 4.78 is 39.0. The van der Waals surface area contributed by atoms with Gasteiger partial charge in [0.25, 0.3) is 0 Å². The van der Waals surface area contributed by atoms with Crippen LogP contribution in [0, 0.1) is 11.8 Å². The number of halogens is 3. The van der Waals surface area contributed by atoms with Crippen molar-refractivity contribution in [2.75, 3.05) is 10.6 Å². The van der Waals surface area contributed by atoms with Crippen molar-refractivity contribution in [3.8, 4) is 11.8 Å². The van der Waals surface area contributed by atoms with E-state index in [-0.39, 0.29) is 17.3 Å². The SMILES string of the molecule is NC(=O)N(c1cccc(C#Cc2cnc(N)nc2)c1)c1cccc(C(F)(F)F)c1. The first-order valence-corrected chi connectivity index (χ1v) is 8.20. The molecule has 0 saturated heterocycles. The molecule has 29 heavy (non-hydrogen) atoms. The summed E-state index contributed by atoms with van der Waals surface area (Å²) in [6, 6.07) is 9.79. The number of hydrogen-bond acceptors (Lipinski definition) is 4. The fourth-order valence-electron chi connectivity index (χ4n) is 2.49. The van der Waals surface area contributed by atoms with Gasteiger partial charge in [-0.25, -0.2) is 14.8 Å². The lowest BCUT2D eigenvalue weighted by Crippen LogP contribution is -2.31. The Morgan fingerprint density at radius 3 is 2.14 bits per heavy atom. The van der Waals surface area contributed by atoms with Gasteiger partial charge in [-0.15, -0.1) is 0 Å². The number of amides is 2. The Morgan fingerprint density at radius 2 is 1.52 bits per heavy atom. The number of primary amides is 1. The van der Waals surface area contributed by atoms with Crippen LogP contribution in [0.1, 0.15) is 16.7 Å². The molecule has 6 nitrogen and oxygen atoms in total. The number of nitrogens with two attached hydrogens (primary N) is 2. The number of benzene rings is 2. The normalized spacial score (nSPS) is 10.7. The van der Waals surface area contributed by atoms with Gasteiger partial charge in [-0.2, -0.15) is 13.2 Å². The van der Waals surface area contributed by atoms with Gasteiger partial charge in [0, 0.05) is 18.0 Å². The van der Waals surface area contributed by atoms with Gasteiger partial charge in [-0.1, -0.05) is 24.0 Å². The van der Waals surface area contributed by atoms with Crippen LogP contribution in [0.2, 0.25) is 0 Å². The number of nitrogen functional groups attached to an aromatic ring is 1. The molecule has 1 aromatic heterocycles. The van der Waals surface area contributed by atoms with Crippen LogP contribution in [-0.2, 0) is 6.18 Å². The average molecular weight is 397 g/mol. The van der Waals surface area contributed by atoms with Gasteiger partial charge in [-0.3, -0.25) is 4.90 Å². The first-order valence-electron chi connectivity index (χ1n) is 8.20. The molecule has 0 atom stereocenters. The van der Waals surface area contributed by atoms with Gasteiger partial charge < -0.3 is 11.5 Å².